The van der Waals surface area contributed by atoms with Gasteiger partial charge < -0.3 is 0 Å². The smallest absolute Gasteiger partial charge is 0.290 e. The van der Waals surface area contributed by atoms with E-state index >= 15 is 0 Å². The van der Waals surface area contributed by atoms with E-state index in [1.807, 2.05) is 0 Å². The monoisotopic (exact) mass is 216 g/mol. The van der Waals surface area contributed by atoms with E-state index in [0.717, 1.165) is 18.2 Å². The molecule has 0 saturated carbocycles. The van der Waals surface area contributed by atoms with Gasteiger partial charge in [0.2, 0.25) is 0 Å². The SMILES string of the molecule is CCOS(=O)(=O)C1=CC(=O)C=CC1=O. The molecule has 0 amide bonds. The number of hydrogen-bond acceptors (Lipinski definition) is 5. The van der Waals surface area contributed by atoms with Crippen LogP contribution in [0.4, 0.5) is 0 Å². The lowest BCUT2D eigenvalue weighted by atomic mass is 10.2. The zero-order valence-corrected chi connectivity index (χ0v) is 8.21. The lowest BCUT2D eigenvalue weighted by molar-refractivity contribution is -0.114. The minimum atomic E-state index is -4.08. The zero-order valence-electron chi connectivity index (χ0n) is 7.39. The molecular formula is C8H8O5S. The second kappa shape index (κ2) is 3.85. The first-order valence-electron chi connectivity index (χ1n) is 3.85. The number of allylic oxidation sites excluding steroid dienone is 4. The summed E-state index contributed by atoms with van der Waals surface area (Å²) in [6, 6.07) is 0. The quantitative estimate of drug-likeness (QED) is 0.488. The van der Waals surface area contributed by atoms with E-state index in [4.69, 9.17) is 0 Å². The molecule has 0 aromatic rings. The van der Waals surface area contributed by atoms with E-state index in [0.29, 0.717) is 0 Å². The molecular weight excluding hydrogens is 208 g/mol. The molecule has 0 aromatic carbocycles. The van der Waals surface area contributed by atoms with Crippen LogP contribution in [0.1, 0.15) is 6.92 Å². The maximum absolute atomic E-state index is 11.2. The van der Waals surface area contributed by atoms with Crippen molar-refractivity contribution in [2.24, 2.45) is 0 Å². The van der Waals surface area contributed by atoms with Gasteiger partial charge in [-0.15, -0.1) is 0 Å². The third-order valence-electron chi connectivity index (χ3n) is 1.46. The van der Waals surface area contributed by atoms with E-state index in [9.17, 15) is 18.0 Å². The standard InChI is InChI=1S/C8H8O5S/c1-2-13-14(11,12)8-5-6(9)3-4-7(8)10/h3-5H,2H2,1H3. The van der Waals surface area contributed by atoms with E-state index in [1.54, 1.807) is 0 Å². The maximum Gasteiger partial charge on any atom is 0.301 e. The molecule has 0 saturated heterocycles. The van der Waals surface area contributed by atoms with E-state index in [1.165, 1.54) is 6.92 Å². The normalized spacial score (nSPS) is 17.1. The fraction of sp³-hybridized carbons (Fsp3) is 0.250. The summed E-state index contributed by atoms with van der Waals surface area (Å²) >= 11 is 0. The third kappa shape index (κ3) is 2.15. The molecule has 0 unspecified atom stereocenters. The topological polar surface area (TPSA) is 77.5 Å². The van der Waals surface area contributed by atoms with E-state index in [2.05, 4.69) is 4.18 Å². The van der Waals surface area contributed by atoms with Crippen LogP contribution in [0.3, 0.4) is 0 Å². The molecule has 0 heterocycles. The summed E-state index contributed by atoms with van der Waals surface area (Å²) in [6.07, 6.45) is 2.68. The van der Waals surface area contributed by atoms with E-state index < -0.39 is 26.6 Å². The van der Waals surface area contributed by atoms with Gasteiger partial charge in [0.05, 0.1) is 6.61 Å². The third-order valence-corrected chi connectivity index (χ3v) is 2.86. The van der Waals surface area contributed by atoms with Crippen LogP contribution in [0, 0.1) is 0 Å². The van der Waals surface area contributed by atoms with Crippen molar-refractivity contribution in [3.63, 3.8) is 0 Å². The van der Waals surface area contributed by atoms with Crippen LogP contribution in [0.15, 0.2) is 23.1 Å². The Morgan fingerprint density at radius 2 is 1.93 bits per heavy atom. The first kappa shape index (κ1) is 10.8. The highest BCUT2D eigenvalue weighted by Crippen LogP contribution is 2.14. The highest BCUT2D eigenvalue weighted by molar-refractivity contribution is 7.91. The first-order chi connectivity index (χ1) is 6.47. The summed E-state index contributed by atoms with van der Waals surface area (Å²) in [7, 11) is -4.08. The second-order valence-electron chi connectivity index (χ2n) is 2.47. The molecule has 14 heavy (non-hydrogen) atoms. The highest BCUT2D eigenvalue weighted by Gasteiger charge is 2.26. The Hall–Kier alpha value is -1.27. The number of carbonyl (C=O) groups excluding carboxylic acids is 2. The van der Waals surface area contributed by atoms with Gasteiger partial charge in [-0.25, -0.2) is 0 Å². The van der Waals surface area contributed by atoms with Gasteiger partial charge in [-0.3, -0.25) is 13.8 Å². The maximum atomic E-state index is 11.2. The van der Waals surface area contributed by atoms with Gasteiger partial charge in [-0.2, -0.15) is 8.42 Å². The lowest BCUT2D eigenvalue weighted by Crippen LogP contribution is -2.18. The van der Waals surface area contributed by atoms with Gasteiger partial charge in [0.1, 0.15) is 4.91 Å². The average molecular weight is 216 g/mol. The van der Waals surface area contributed by atoms with Gasteiger partial charge in [0.15, 0.2) is 11.6 Å². The molecule has 0 radical (unpaired) electrons. The fourth-order valence-corrected chi connectivity index (χ4v) is 1.91. The predicted octanol–water partition coefficient (Wildman–Crippen LogP) is -0.0554. The van der Waals surface area contributed by atoms with Gasteiger partial charge >= 0.3 is 10.1 Å². The predicted molar refractivity (Wildman–Crippen MR) is 47.8 cm³/mol. The number of hydrogen-bond donors (Lipinski definition) is 0. The summed E-state index contributed by atoms with van der Waals surface area (Å²) in [6.45, 7) is 1.40. The van der Waals surface area contributed by atoms with Gasteiger partial charge in [-0.05, 0) is 19.1 Å². The first-order valence-corrected chi connectivity index (χ1v) is 5.25. The Morgan fingerprint density at radius 1 is 1.29 bits per heavy atom. The van der Waals surface area contributed by atoms with Crippen LogP contribution < -0.4 is 0 Å². The van der Waals surface area contributed by atoms with Crippen LogP contribution in [0.5, 0.6) is 0 Å². The van der Waals surface area contributed by atoms with Crippen LogP contribution in [0.25, 0.3) is 0 Å². The molecule has 0 fully saturated rings. The van der Waals surface area contributed by atoms with Crippen molar-refractivity contribution >= 4 is 21.7 Å². The van der Waals surface area contributed by atoms with E-state index in [-0.39, 0.29) is 6.61 Å². The van der Waals surface area contributed by atoms with Crippen molar-refractivity contribution in [1.29, 1.82) is 0 Å². The lowest BCUT2D eigenvalue weighted by Gasteiger charge is -2.06. The molecule has 5 nitrogen and oxygen atoms in total. The molecule has 0 aliphatic heterocycles. The molecule has 6 heteroatoms. The zero-order chi connectivity index (χ0) is 10.8. The Labute approximate surface area is 81.2 Å². The fourth-order valence-electron chi connectivity index (χ4n) is 0.902. The number of rotatable bonds is 3. The summed E-state index contributed by atoms with van der Waals surface area (Å²) in [5.74, 6) is -1.28. The Kier molecular flexibility index (Phi) is 2.97. The van der Waals surface area contributed by atoms with Crippen molar-refractivity contribution in [3.05, 3.63) is 23.1 Å². The van der Waals surface area contributed by atoms with Crippen molar-refractivity contribution in [1.82, 2.24) is 0 Å². The van der Waals surface area contributed by atoms with Crippen LogP contribution in [-0.2, 0) is 23.9 Å². The summed E-state index contributed by atoms with van der Waals surface area (Å²) in [5, 5.41) is 0. The summed E-state index contributed by atoms with van der Waals surface area (Å²) in [5.41, 5.74) is 0. The molecule has 76 valence electrons. The van der Waals surface area contributed by atoms with Crippen LogP contribution in [0.2, 0.25) is 0 Å². The number of carbonyl (C=O) groups is 2. The summed E-state index contributed by atoms with van der Waals surface area (Å²) in [4.78, 5) is 21.3. The Balaban J connectivity index is 3.10. The van der Waals surface area contributed by atoms with Crippen molar-refractivity contribution in [3.8, 4) is 0 Å². The van der Waals surface area contributed by atoms with Gasteiger partial charge in [0, 0.05) is 6.08 Å². The van der Waals surface area contributed by atoms with Gasteiger partial charge in [0.25, 0.3) is 0 Å². The minimum absolute atomic E-state index is 0.0785. The van der Waals surface area contributed by atoms with Crippen molar-refractivity contribution in [2.75, 3.05) is 6.61 Å². The number of ketones is 2. The van der Waals surface area contributed by atoms with Crippen LogP contribution in [-0.4, -0.2) is 26.6 Å². The van der Waals surface area contributed by atoms with Crippen molar-refractivity contribution < 1.29 is 22.2 Å². The van der Waals surface area contributed by atoms with Crippen LogP contribution >= 0.6 is 0 Å². The minimum Gasteiger partial charge on any atom is -0.290 e. The molecule has 0 aromatic heterocycles. The average Bonchev–Trinajstić information content (AvgIpc) is 2.09. The highest BCUT2D eigenvalue weighted by atomic mass is 32.2. The van der Waals surface area contributed by atoms with Crippen molar-refractivity contribution in [2.45, 2.75) is 6.92 Å². The Bertz CT molecular complexity index is 427. The molecule has 0 bridgehead atoms. The Morgan fingerprint density at radius 3 is 2.50 bits per heavy atom. The molecule has 1 aliphatic rings. The molecule has 1 rings (SSSR count). The van der Waals surface area contributed by atoms with Gasteiger partial charge in [-0.1, -0.05) is 0 Å². The molecule has 1 aliphatic carbocycles. The summed E-state index contributed by atoms with van der Waals surface area (Å²) < 4.78 is 26.9. The molecule has 0 atom stereocenters. The largest absolute Gasteiger partial charge is 0.301 e. The molecule has 0 N–H and O–H groups in total. The molecule has 0 spiro atoms. The second-order valence-corrected chi connectivity index (χ2v) is 4.05.